The van der Waals surface area contributed by atoms with Gasteiger partial charge in [0.25, 0.3) is 0 Å². The second-order valence-corrected chi connectivity index (χ2v) is 8.24. The molecule has 1 aliphatic carbocycles. The summed E-state index contributed by atoms with van der Waals surface area (Å²) in [6, 6.07) is -0.0105. The Morgan fingerprint density at radius 2 is 2.04 bits per heavy atom. The van der Waals surface area contributed by atoms with Crippen LogP contribution in [0.3, 0.4) is 0 Å². The molecular formula is C20H30N4O4. The molecule has 2 amide bonds. The van der Waals surface area contributed by atoms with Crippen LogP contribution in [0.1, 0.15) is 44.1 Å². The molecule has 2 aliphatic heterocycles. The van der Waals surface area contributed by atoms with Gasteiger partial charge in [0.05, 0.1) is 31.1 Å². The van der Waals surface area contributed by atoms with E-state index in [1.54, 1.807) is 6.20 Å². The summed E-state index contributed by atoms with van der Waals surface area (Å²) < 4.78 is 5.93. The lowest BCUT2D eigenvalue weighted by molar-refractivity contribution is -0.157. The molecule has 8 heteroatoms. The monoisotopic (exact) mass is 390 g/mol. The molecule has 3 fully saturated rings. The number of nitrogens with one attached hydrogen (secondary N) is 1. The van der Waals surface area contributed by atoms with Crippen LogP contribution in [-0.2, 0) is 20.7 Å². The van der Waals surface area contributed by atoms with E-state index in [4.69, 9.17) is 4.74 Å². The predicted octanol–water partition coefficient (Wildman–Crippen LogP) is 0.722. The van der Waals surface area contributed by atoms with Crippen LogP contribution in [0, 0.1) is 5.92 Å². The molecule has 4 rings (SSSR count). The molecule has 1 aromatic heterocycles. The summed E-state index contributed by atoms with van der Waals surface area (Å²) in [4.78, 5) is 29.7. The van der Waals surface area contributed by atoms with Gasteiger partial charge in [0.2, 0.25) is 11.8 Å². The number of morpholine rings is 1. The maximum atomic E-state index is 13.0. The van der Waals surface area contributed by atoms with E-state index in [0.29, 0.717) is 58.3 Å². The lowest BCUT2D eigenvalue weighted by Crippen LogP contribution is -2.57. The first-order valence-corrected chi connectivity index (χ1v) is 10.5. The van der Waals surface area contributed by atoms with Gasteiger partial charge in [-0.15, -0.1) is 0 Å². The zero-order chi connectivity index (χ0) is 19.5. The van der Waals surface area contributed by atoms with E-state index >= 15 is 0 Å². The Bertz CT molecular complexity index is 672. The topological polar surface area (TPSA) is 98.8 Å². The summed E-state index contributed by atoms with van der Waals surface area (Å²) in [6.45, 7) is 2.44. The molecule has 8 nitrogen and oxygen atoms in total. The van der Waals surface area contributed by atoms with Gasteiger partial charge in [0.1, 0.15) is 0 Å². The molecule has 28 heavy (non-hydrogen) atoms. The van der Waals surface area contributed by atoms with Crippen molar-refractivity contribution in [1.29, 1.82) is 0 Å². The minimum atomic E-state index is -0.283. The summed E-state index contributed by atoms with van der Waals surface area (Å²) >= 11 is 0. The average Bonchev–Trinajstić information content (AvgIpc) is 3.25. The van der Waals surface area contributed by atoms with Crippen molar-refractivity contribution in [2.45, 2.75) is 63.2 Å². The number of aliphatic hydroxyl groups is 1. The number of piperidine rings is 1. The summed E-state index contributed by atoms with van der Waals surface area (Å²) in [5.74, 6) is 0.262. The van der Waals surface area contributed by atoms with E-state index in [0.717, 1.165) is 18.4 Å². The van der Waals surface area contributed by atoms with Crippen molar-refractivity contribution in [2.75, 3.05) is 26.2 Å². The molecule has 0 aromatic carbocycles. The number of hydrogen-bond acceptors (Lipinski definition) is 5. The molecule has 154 valence electrons. The Hall–Kier alpha value is -1.93. The van der Waals surface area contributed by atoms with Crippen molar-refractivity contribution in [3.05, 3.63) is 18.0 Å². The number of likely N-dealkylation sites (tertiary alicyclic amines) is 1. The molecular weight excluding hydrogens is 360 g/mol. The van der Waals surface area contributed by atoms with Gasteiger partial charge in [-0.05, 0) is 44.1 Å². The highest BCUT2D eigenvalue weighted by Crippen LogP contribution is 2.34. The van der Waals surface area contributed by atoms with Crippen LogP contribution in [0.5, 0.6) is 0 Å². The summed E-state index contributed by atoms with van der Waals surface area (Å²) in [5.41, 5.74) is 1.03. The third-order valence-electron chi connectivity index (χ3n) is 6.45. The van der Waals surface area contributed by atoms with Crippen LogP contribution in [0.15, 0.2) is 12.4 Å². The minimum absolute atomic E-state index is 0.0105. The van der Waals surface area contributed by atoms with Gasteiger partial charge < -0.3 is 19.6 Å². The fraction of sp³-hybridized carbons (Fsp3) is 0.750. The van der Waals surface area contributed by atoms with Crippen molar-refractivity contribution in [3.8, 4) is 0 Å². The van der Waals surface area contributed by atoms with Gasteiger partial charge in [-0.3, -0.25) is 14.7 Å². The number of rotatable bonds is 4. The first-order chi connectivity index (χ1) is 13.6. The molecule has 3 heterocycles. The molecule has 0 radical (unpaired) electrons. The molecule has 0 bridgehead atoms. The maximum absolute atomic E-state index is 13.0. The molecule has 0 spiro atoms. The molecule has 1 saturated carbocycles. The van der Waals surface area contributed by atoms with Crippen LogP contribution in [-0.4, -0.2) is 81.4 Å². The van der Waals surface area contributed by atoms with Crippen LogP contribution in [0.2, 0.25) is 0 Å². The summed E-state index contributed by atoms with van der Waals surface area (Å²) in [7, 11) is 0. The third-order valence-corrected chi connectivity index (χ3v) is 6.45. The average molecular weight is 390 g/mol. The van der Waals surface area contributed by atoms with Gasteiger partial charge in [-0.1, -0.05) is 0 Å². The van der Waals surface area contributed by atoms with Crippen molar-refractivity contribution >= 4 is 11.8 Å². The third kappa shape index (κ3) is 4.22. The minimum Gasteiger partial charge on any atom is -0.393 e. The lowest BCUT2D eigenvalue weighted by atomic mass is 9.81. The number of H-pyrrole nitrogens is 1. The number of aryl methyl sites for hydroxylation is 1. The SMILES string of the molecule is O=C([C@H]1CC[C@H]2OCCN(C(=O)CCc3cn[nH]c3)[C@@H]2C1)N1CCC(O)CC1. The van der Waals surface area contributed by atoms with Crippen molar-refractivity contribution < 1.29 is 19.4 Å². The largest absolute Gasteiger partial charge is 0.393 e. The van der Waals surface area contributed by atoms with E-state index in [1.807, 2.05) is 16.0 Å². The lowest BCUT2D eigenvalue weighted by Gasteiger charge is -2.46. The Morgan fingerprint density at radius 1 is 1.21 bits per heavy atom. The van der Waals surface area contributed by atoms with Crippen molar-refractivity contribution in [3.63, 3.8) is 0 Å². The van der Waals surface area contributed by atoms with Crippen LogP contribution in [0.25, 0.3) is 0 Å². The van der Waals surface area contributed by atoms with Gasteiger partial charge >= 0.3 is 0 Å². The Morgan fingerprint density at radius 3 is 2.79 bits per heavy atom. The second-order valence-electron chi connectivity index (χ2n) is 8.24. The van der Waals surface area contributed by atoms with Crippen LogP contribution < -0.4 is 0 Å². The number of amides is 2. The Kier molecular flexibility index (Phi) is 5.96. The number of ether oxygens (including phenoxy) is 1. The molecule has 3 atom stereocenters. The normalized spacial score (nSPS) is 28.8. The number of aromatic nitrogens is 2. The van der Waals surface area contributed by atoms with E-state index in [1.165, 1.54) is 0 Å². The molecule has 2 saturated heterocycles. The predicted molar refractivity (Wildman–Crippen MR) is 101 cm³/mol. The summed E-state index contributed by atoms with van der Waals surface area (Å²) in [5, 5.41) is 16.4. The number of fused-ring (bicyclic) bond motifs is 1. The Labute approximate surface area is 165 Å². The number of hydrogen-bond donors (Lipinski definition) is 2. The number of carbonyl (C=O) groups is 2. The molecule has 2 N–H and O–H groups in total. The van der Waals surface area contributed by atoms with E-state index in [9.17, 15) is 14.7 Å². The van der Waals surface area contributed by atoms with E-state index in [2.05, 4.69) is 10.2 Å². The molecule has 3 aliphatic rings. The highest BCUT2D eigenvalue weighted by molar-refractivity contribution is 5.80. The quantitative estimate of drug-likeness (QED) is 0.789. The van der Waals surface area contributed by atoms with Crippen LogP contribution in [0.4, 0.5) is 0 Å². The Balaban J connectivity index is 1.37. The maximum Gasteiger partial charge on any atom is 0.225 e. The molecule has 1 aromatic rings. The number of carbonyl (C=O) groups excluding carboxylic acids is 2. The first kappa shape index (κ1) is 19.4. The van der Waals surface area contributed by atoms with Gasteiger partial charge in [0, 0.05) is 38.2 Å². The zero-order valence-corrected chi connectivity index (χ0v) is 16.3. The zero-order valence-electron chi connectivity index (χ0n) is 16.3. The van der Waals surface area contributed by atoms with Crippen molar-refractivity contribution in [2.24, 2.45) is 5.92 Å². The van der Waals surface area contributed by atoms with E-state index in [-0.39, 0.29) is 36.0 Å². The van der Waals surface area contributed by atoms with Crippen LogP contribution >= 0.6 is 0 Å². The van der Waals surface area contributed by atoms with Gasteiger partial charge in [-0.2, -0.15) is 5.10 Å². The standard InChI is InChI=1S/C20H30N4O4/c25-16-5-7-23(8-6-16)20(27)15-2-3-18-17(11-15)24(9-10-28-18)19(26)4-1-14-12-21-22-13-14/h12-13,15-18,25H,1-11H2,(H,21,22)/t15-,17+,18+/m0/s1. The highest BCUT2D eigenvalue weighted by Gasteiger charge is 2.42. The fourth-order valence-electron chi connectivity index (χ4n) is 4.80. The fourth-order valence-corrected chi connectivity index (χ4v) is 4.80. The highest BCUT2D eigenvalue weighted by atomic mass is 16.5. The first-order valence-electron chi connectivity index (χ1n) is 10.5. The van der Waals surface area contributed by atoms with Crippen molar-refractivity contribution in [1.82, 2.24) is 20.0 Å². The molecule has 0 unspecified atom stereocenters. The van der Waals surface area contributed by atoms with Gasteiger partial charge in [-0.25, -0.2) is 0 Å². The smallest absolute Gasteiger partial charge is 0.225 e. The number of aromatic amines is 1. The van der Waals surface area contributed by atoms with E-state index < -0.39 is 0 Å². The van der Waals surface area contributed by atoms with Gasteiger partial charge in [0.15, 0.2) is 0 Å². The number of nitrogens with zero attached hydrogens (tertiary/aromatic N) is 3. The second kappa shape index (κ2) is 8.61. The number of aliphatic hydroxyl groups excluding tert-OH is 1. The summed E-state index contributed by atoms with van der Waals surface area (Å²) in [6.07, 6.45) is 8.08.